The maximum absolute atomic E-state index is 12.7. The highest BCUT2D eigenvalue weighted by atomic mass is 32.2. The Morgan fingerprint density at radius 3 is 2.10 bits per heavy atom. The van der Waals surface area contributed by atoms with Crippen LogP contribution in [-0.4, -0.2) is 43.6 Å². The molecule has 1 aliphatic carbocycles. The summed E-state index contributed by atoms with van der Waals surface area (Å²) in [5.74, 6) is 0. The second-order valence-electron chi connectivity index (χ2n) is 7.38. The third-order valence-corrected chi connectivity index (χ3v) is 7.65. The molecule has 1 saturated carbocycles. The van der Waals surface area contributed by atoms with Gasteiger partial charge >= 0.3 is 0 Å². The van der Waals surface area contributed by atoms with Crippen LogP contribution in [0.25, 0.3) is 0 Å². The van der Waals surface area contributed by atoms with Crippen molar-refractivity contribution in [2.24, 2.45) is 5.41 Å². The Hall–Kier alpha value is -0.130. The summed E-state index contributed by atoms with van der Waals surface area (Å²) in [4.78, 5) is 0. The molecule has 1 spiro atoms. The molecule has 0 bridgehead atoms. The minimum atomic E-state index is -3.14. The molecule has 0 radical (unpaired) electrons. The van der Waals surface area contributed by atoms with Gasteiger partial charge in [-0.1, -0.05) is 33.1 Å². The van der Waals surface area contributed by atoms with E-state index in [1.165, 1.54) is 32.1 Å². The van der Waals surface area contributed by atoms with E-state index in [0.717, 1.165) is 25.9 Å². The lowest BCUT2D eigenvalue weighted by atomic mass is 9.68. The van der Waals surface area contributed by atoms with Crippen molar-refractivity contribution in [2.45, 2.75) is 77.0 Å². The fraction of sp³-hybridized carbons (Fsp3) is 1.00. The van der Waals surface area contributed by atoms with Gasteiger partial charge in [-0.25, -0.2) is 12.7 Å². The Morgan fingerprint density at radius 1 is 1.00 bits per heavy atom. The molecule has 0 aromatic carbocycles. The van der Waals surface area contributed by atoms with Crippen molar-refractivity contribution in [1.82, 2.24) is 9.62 Å². The number of piperidine rings is 1. The van der Waals surface area contributed by atoms with Gasteiger partial charge < -0.3 is 5.32 Å². The molecule has 0 aromatic heterocycles. The second-order valence-corrected chi connectivity index (χ2v) is 9.73. The van der Waals surface area contributed by atoms with E-state index < -0.39 is 10.0 Å². The van der Waals surface area contributed by atoms with E-state index in [2.05, 4.69) is 5.32 Å². The molecule has 1 heterocycles. The molecule has 2 rings (SSSR count). The summed E-state index contributed by atoms with van der Waals surface area (Å²) >= 11 is 0. The molecule has 1 unspecified atom stereocenters. The first kappa shape index (κ1) is 17.2. The summed E-state index contributed by atoms with van der Waals surface area (Å²) in [6.45, 7) is 7.93. The Kier molecular flexibility index (Phi) is 5.71. The van der Waals surface area contributed by atoms with Gasteiger partial charge in [0.15, 0.2) is 0 Å². The van der Waals surface area contributed by atoms with Crippen LogP contribution in [0, 0.1) is 5.41 Å². The predicted octanol–water partition coefficient (Wildman–Crippen LogP) is 2.75. The second kappa shape index (κ2) is 6.97. The summed E-state index contributed by atoms with van der Waals surface area (Å²) in [6.07, 6.45) is 8.79. The lowest BCUT2D eigenvalue weighted by Crippen LogP contribution is -2.48. The predicted molar refractivity (Wildman–Crippen MR) is 87.8 cm³/mol. The average Bonchev–Trinajstić information content (AvgIpc) is 2.46. The number of hydrogen-bond acceptors (Lipinski definition) is 3. The van der Waals surface area contributed by atoms with Gasteiger partial charge in [-0.05, 0) is 38.0 Å². The van der Waals surface area contributed by atoms with Crippen molar-refractivity contribution >= 4 is 10.0 Å². The summed E-state index contributed by atoms with van der Waals surface area (Å²) in [6, 6.07) is 0.328. The zero-order chi connectivity index (χ0) is 15.5. The van der Waals surface area contributed by atoms with Crippen molar-refractivity contribution in [3.8, 4) is 0 Å². The van der Waals surface area contributed by atoms with E-state index in [1.54, 1.807) is 4.31 Å². The number of nitrogens with zero attached hydrogens (tertiary/aromatic N) is 1. The zero-order valence-electron chi connectivity index (χ0n) is 13.9. The third kappa shape index (κ3) is 4.20. The van der Waals surface area contributed by atoms with E-state index in [9.17, 15) is 8.42 Å². The minimum absolute atomic E-state index is 0.328. The van der Waals surface area contributed by atoms with Gasteiger partial charge in [0.1, 0.15) is 0 Å². The molecular formula is C16H32N2O2S. The molecule has 2 fully saturated rings. The van der Waals surface area contributed by atoms with Crippen molar-refractivity contribution in [3.05, 3.63) is 0 Å². The highest BCUT2D eigenvalue weighted by molar-refractivity contribution is 7.89. The van der Waals surface area contributed by atoms with Gasteiger partial charge in [-0.3, -0.25) is 0 Å². The zero-order valence-corrected chi connectivity index (χ0v) is 14.7. The highest BCUT2D eigenvalue weighted by Gasteiger charge is 2.39. The van der Waals surface area contributed by atoms with E-state index in [1.807, 2.05) is 20.8 Å². The van der Waals surface area contributed by atoms with Crippen LogP contribution < -0.4 is 5.32 Å². The molecule has 1 N–H and O–H groups in total. The van der Waals surface area contributed by atoms with E-state index in [0.29, 0.717) is 18.0 Å². The standard InChI is InChI=1S/C16H32N2O2S/c1-14(2)17-13-15(3)21(19,20)18-11-9-16(10-12-18)7-5-4-6-8-16/h14-15,17H,4-13H2,1-3H3. The van der Waals surface area contributed by atoms with Crippen LogP contribution in [0.1, 0.15) is 65.7 Å². The highest BCUT2D eigenvalue weighted by Crippen LogP contribution is 2.45. The van der Waals surface area contributed by atoms with Crippen LogP contribution in [-0.2, 0) is 10.0 Å². The molecule has 21 heavy (non-hydrogen) atoms. The molecule has 4 nitrogen and oxygen atoms in total. The van der Waals surface area contributed by atoms with Crippen molar-refractivity contribution < 1.29 is 8.42 Å². The van der Waals surface area contributed by atoms with Crippen LogP contribution in [0.5, 0.6) is 0 Å². The van der Waals surface area contributed by atoms with Crippen LogP contribution >= 0.6 is 0 Å². The van der Waals surface area contributed by atoms with Gasteiger partial charge in [0.05, 0.1) is 5.25 Å². The van der Waals surface area contributed by atoms with Gasteiger partial charge in [0.2, 0.25) is 10.0 Å². The Balaban J connectivity index is 1.90. The lowest BCUT2D eigenvalue weighted by Gasteiger charge is -2.44. The summed E-state index contributed by atoms with van der Waals surface area (Å²) < 4.78 is 27.1. The first-order valence-corrected chi connectivity index (χ1v) is 10.1. The van der Waals surface area contributed by atoms with Gasteiger partial charge in [-0.2, -0.15) is 0 Å². The van der Waals surface area contributed by atoms with Crippen molar-refractivity contribution in [3.63, 3.8) is 0 Å². The van der Waals surface area contributed by atoms with Crippen molar-refractivity contribution in [2.75, 3.05) is 19.6 Å². The fourth-order valence-electron chi connectivity index (χ4n) is 3.78. The minimum Gasteiger partial charge on any atom is -0.313 e. The van der Waals surface area contributed by atoms with Crippen LogP contribution in [0.3, 0.4) is 0 Å². The first-order chi connectivity index (χ1) is 9.86. The van der Waals surface area contributed by atoms with Crippen LogP contribution in [0.4, 0.5) is 0 Å². The monoisotopic (exact) mass is 316 g/mol. The number of hydrogen-bond donors (Lipinski definition) is 1. The number of rotatable bonds is 5. The molecule has 0 aromatic rings. The molecule has 2 aliphatic rings. The first-order valence-electron chi connectivity index (χ1n) is 8.58. The SMILES string of the molecule is CC(C)NCC(C)S(=O)(=O)N1CCC2(CCCCC2)CC1. The van der Waals surface area contributed by atoms with Gasteiger partial charge in [-0.15, -0.1) is 0 Å². The molecule has 1 aliphatic heterocycles. The maximum Gasteiger partial charge on any atom is 0.217 e. The van der Waals surface area contributed by atoms with E-state index >= 15 is 0 Å². The molecule has 124 valence electrons. The Labute approximate surface area is 130 Å². The van der Waals surface area contributed by atoms with E-state index in [-0.39, 0.29) is 5.25 Å². The average molecular weight is 317 g/mol. The summed E-state index contributed by atoms with van der Waals surface area (Å²) in [7, 11) is -3.14. The maximum atomic E-state index is 12.7. The van der Waals surface area contributed by atoms with Crippen LogP contribution in [0.15, 0.2) is 0 Å². The normalized spacial score (nSPS) is 25.3. The molecule has 5 heteroatoms. The third-order valence-electron chi connectivity index (χ3n) is 5.38. The Morgan fingerprint density at radius 2 is 1.57 bits per heavy atom. The van der Waals surface area contributed by atoms with Crippen LogP contribution in [0.2, 0.25) is 0 Å². The number of nitrogens with one attached hydrogen (secondary N) is 1. The van der Waals surface area contributed by atoms with E-state index in [4.69, 9.17) is 0 Å². The Bertz CT molecular complexity index is 418. The van der Waals surface area contributed by atoms with Gasteiger partial charge in [0, 0.05) is 25.7 Å². The van der Waals surface area contributed by atoms with Crippen molar-refractivity contribution in [1.29, 1.82) is 0 Å². The molecule has 0 amide bonds. The number of sulfonamides is 1. The smallest absolute Gasteiger partial charge is 0.217 e. The lowest BCUT2D eigenvalue weighted by molar-refractivity contribution is 0.102. The molecule has 1 atom stereocenters. The quantitative estimate of drug-likeness (QED) is 0.848. The largest absolute Gasteiger partial charge is 0.313 e. The summed E-state index contributed by atoms with van der Waals surface area (Å²) in [5.41, 5.74) is 0.462. The molecule has 1 saturated heterocycles. The van der Waals surface area contributed by atoms with Gasteiger partial charge in [0.25, 0.3) is 0 Å². The topological polar surface area (TPSA) is 49.4 Å². The summed E-state index contributed by atoms with van der Waals surface area (Å²) in [5, 5.41) is 2.91. The molecular weight excluding hydrogens is 284 g/mol. The fourth-order valence-corrected chi connectivity index (χ4v) is 5.29.